The summed E-state index contributed by atoms with van der Waals surface area (Å²) in [6, 6.07) is 4.30. The van der Waals surface area contributed by atoms with Crippen molar-refractivity contribution in [2.75, 3.05) is 43.9 Å². The quantitative estimate of drug-likeness (QED) is 0.499. The SMILES string of the molecule is CCCc1cnc(N2CCN(C(C)CCCOc3ccc(S(C)(=O)=O)c(F)c3)CC2)nc1. The van der Waals surface area contributed by atoms with Gasteiger partial charge in [0.2, 0.25) is 5.95 Å². The molecule has 1 aromatic heterocycles. The van der Waals surface area contributed by atoms with Crippen LogP contribution in [-0.4, -0.2) is 68.4 Å². The van der Waals surface area contributed by atoms with E-state index in [0.29, 0.717) is 18.4 Å². The summed E-state index contributed by atoms with van der Waals surface area (Å²) in [4.78, 5) is 13.4. The molecule has 1 saturated heterocycles. The van der Waals surface area contributed by atoms with Gasteiger partial charge in [-0.1, -0.05) is 13.3 Å². The van der Waals surface area contributed by atoms with Crippen LogP contribution in [0, 0.1) is 5.82 Å². The molecule has 0 bridgehead atoms. The molecular weight excluding hydrogens is 431 g/mol. The second kappa shape index (κ2) is 11.0. The van der Waals surface area contributed by atoms with E-state index < -0.39 is 15.7 Å². The van der Waals surface area contributed by atoms with E-state index in [2.05, 4.69) is 33.6 Å². The molecule has 1 aliphatic heterocycles. The van der Waals surface area contributed by atoms with Crippen molar-refractivity contribution in [1.82, 2.24) is 14.9 Å². The fourth-order valence-corrected chi connectivity index (χ4v) is 4.64. The maximum Gasteiger partial charge on any atom is 0.225 e. The number of aryl methyl sites for hydroxylation is 1. The highest BCUT2D eigenvalue weighted by molar-refractivity contribution is 7.90. The molecule has 1 unspecified atom stereocenters. The molecule has 1 aliphatic rings. The molecule has 0 spiro atoms. The predicted molar refractivity (Wildman–Crippen MR) is 124 cm³/mol. The topological polar surface area (TPSA) is 75.6 Å². The number of halogens is 1. The molecule has 2 heterocycles. The molecule has 9 heteroatoms. The van der Waals surface area contributed by atoms with E-state index in [1.165, 1.54) is 17.7 Å². The van der Waals surface area contributed by atoms with Crippen LogP contribution in [0.3, 0.4) is 0 Å². The first-order chi connectivity index (χ1) is 15.3. The molecule has 0 saturated carbocycles. The number of anilines is 1. The van der Waals surface area contributed by atoms with Gasteiger partial charge < -0.3 is 9.64 Å². The van der Waals surface area contributed by atoms with Crippen molar-refractivity contribution in [3.05, 3.63) is 42.0 Å². The summed E-state index contributed by atoms with van der Waals surface area (Å²) in [5.41, 5.74) is 1.18. The maximum absolute atomic E-state index is 14.0. The summed E-state index contributed by atoms with van der Waals surface area (Å²) in [7, 11) is -3.57. The third-order valence-electron chi connectivity index (χ3n) is 5.79. The molecule has 7 nitrogen and oxygen atoms in total. The Labute approximate surface area is 190 Å². The van der Waals surface area contributed by atoms with Crippen LogP contribution in [0.2, 0.25) is 0 Å². The first kappa shape index (κ1) is 24.4. The second-order valence-electron chi connectivity index (χ2n) is 8.37. The third kappa shape index (κ3) is 6.62. The molecule has 0 radical (unpaired) electrons. The molecule has 1 fully saturated rings. The molecule has 1 atom stereocenters. The van der Waals surface area contributed by atoms with E-state index in [9.17, 15) is 12.8 Å². The van der Waals surface area contributed by atoms with Gasteiger partial charge in [0.05, 0.1) is 6.61 Å². The largest absolute Gasteiger partial charge is 0.493 e. The summed E-state index contributed by atoms with van der Waals surface area (Å²) in [6.07, 6.45) is 8.75. The second-order valence-corrected chi connectivity index (χ2v) is 10.4. The molecule has 2 aromatic rings. The molecule has 1 aromatic carbocycles. The summed E-state index contributed by atoms with van der Waals surface area (Å²) >= 11 is 0. The summed E-state index contributed by atoms with van der Waals surface area (Å²) in [5, 5.41) is 0. The fourth-order valence-electron chi connectivity index (χ4n) is 3.92. The Morgan fingerprint density at radius 2 is 1.84 bits per heavy atom. The minimum absolute atomic E-state index is 0.306. The van der Waals surface area contributed by atoms with E-state index in [1.807, 2.05) is 12.4 Å². The Morgan fingerprint density at radius 1 is 1.16 bits per heavy atom. The number of benzene rings is 1. The number of ether oxygens (including phenoxy) is 1. The van der Waals surface area contributed by atoms with Crippen molar-refractivity contribution in [2.45, 2.75) is 50.5 Å². The van der Waals surface area contributed by atoms with Crippen molar-refractivity contribution in [2.24, 2.45) is 0 Å². The highest BCUT2D eigenvalue weighted by Crippen LogP contribution is 2.21. The van der Waals surface area contributed by atoms with Gasteiger partial charge in [-0.15, -0.1) is 0 Å². The minimum Gasteiger partial charge on any atom is -0.493 e. The Morgan fingerprint density at radius 3 is 2.44 bits per heavy atom. The van der Waals surface area contributed by atoms with Gasteiger partial charge in [0.1, 0.15) is 16.5 Å². The fraction of sp³-hybridized carbons (Fsp3) is 0.565. The maximum atomic E-state index is 14.0. The Bertz CT molecular complexity index is 977. The van der Waals surface area contributed by atoms with Crippen LogP contribution in [0.5, 0.6) is 5.75 Å². The van der Waals surface area contributed by atoms with Crippen molar-refractivity contribution in [3.63, 3.8) is 0 Å². The number of hydrogen-bond acceptors (Lipinski definition) is 7. The molecular formula is C23H33FN4O3S. The van der Waals surface area contributed by atoms with Gasteiger partial charge in [0, 0.05) is 56.9 Å². The first-order valence-corrected chi connectivity index (χ1v) is 13.1. The number of hydrogen-bond donors (Lipinski definition) is 0. The normalized spacial score (nSPS) is 16.2. The highest BCUT2D eigenvalue weighted by Gasteiger charge is 2.22. The summed E-state index contributed by atoms with van der Waals surface area (Å²) < 4.78 is 42.6. The van der Waals surface area contributed by atoms with E-state index in [-0.39, 0.29) is 4.90 Å². The van der Waals surface area contributed by atoms with Gasteiger partial charge >= 0.3 is 0 Å². The summed E-state index contributed by atoms with van der Waals surface area (Å²) in [5.74, 6) is 0.376. The van der Waals surface area contributed by atoms with Crippen molar-refractivity contribution in [3.8, 4) is 5.75 Å². The molecule has 3 rings (SSSR count). The van der Waals surface area contributed by atoms with Gasteiger partial charge in [-0.2, -0.15) is 0 Å². The number of piperazine rings is 1. The molecule has 0 N–H and O–H groups in total. The lowest BCUT2D eigenvalue weighted by atomic mass is 10.1. The molecule has 32 heavy (non-hydrogen) atoms. The third-order valence-corrected chi connectivity index (χ3v) is 6.92. The highest BCUT2D eigenvalue weighted by atomic mass is 32.2. The molecule has 176 valence electrons. The Kier molecular flexibility index (Phi) is 8.42. The van der Waals surface area contributed by atoms with Crippen LogP contribution in [0.15, 0.2) is 35.5 Å². The number of sulfone groups is 1. The smallest absolute Gasteiger partial charge is 0.225 e. The zero-order chi connectivity index (χ0) is 23.1. The van der Waals surface area contributed by atoms with Crippen LogP contribution in [-0.2, 0) is 16.3 Å². The molecule has 0 aliphatic carbocycles. The average Bonchev–Trinajstić information content (AvgIpc) is 2.77. The number of rotatable bonds is 10. The number of nitrogens with zero attached hydrogens (tertiary/aromatic N) is 4. The van der Waals surface area contributed by atoms with E-state index in [0.717, 1.165) is 70.1 Å². The van der Waals surface area contributed by atoms with Crippen LogP contribution in [0.4, 0.5) is 10.3 Å². The van der Waals surface area contributed by atoms with Crippen LogP contribution in [0.1, 0.15) is 38.7 Å². The van der Waals surface area contributed by atoms with Crippen LogP contribution < -0.4 is 9.64 Å². The predicted octanol–water partition coefficient (Wildman–Crippen LogP) is 3.34. The van der Waals surface area contributed by atoms with Crippen molar-refractivity contribution < 1.29 is 17.5 Å². The zero-order valence-electron chi connectivity index (χ0n) is 19.1. The van der Waals surface area contributed by atoms with Gasteiger partial charge in [0.15, 0.2) is 9.84 Å². The minimum atomic E-state index is -3.57. The monoisotopic (exact) mass is 464 g/mol. The van der Waals surface area contributed by atoms with Gasteiger partial charge in [-0.3, -0.25) is 4.90 Å². The van der Waals surface area contributed by atoms with E-state index in [1.54, 1.807) is 0 Å². The van der Waals surface area contributed by atoms with E-state index in [4.69, 9.17) is 4.74 Å². The summed E-state index contributed by atoms with van der Waals surface area (Å²) in [6.45, 7) is 8.55. The molecule has 0 amide bonds. The Hall–Kier alpha value is -2.26. The lowest BCUT2D eigenvalue weighted by Gasteiger charge is -2.38. The Balaban J connectivity index is 1.39. The van der Waals surface area contributed by atoms with Gasteiger partial charge in [-0.05, 0) is 43.9 Å². The zero-order valence-corrected chi connectivity index (χ0v) is 19.9. The van der Waals surface area contributed by atoms with Crippen LogP contribution >= 0.6 is 0 Å². The van der Waals surface area contributed by atoms with Gasteiger partial charge in [0.25, 0.3) is 0 Å². The van der Waals surface area contributed by atoms with Crippen molar-refractivity contribution in [1.29, 1.82) is 0 Å². The van der Waals surface area contributed by atoms with Crippen molar-refractivity contribution >= 4 is 15.8 Å². The lowest BCUT2D eigenvalue weighted by molar-refractivity contribution is 0.177. The standard InChI is InChI=1S/C23H33FN4O3S/c1-4-6-19-16-25-23(26-17-19)28-12-10-27(11-13-28)18(2)7-5-14-31-20-8-9-22(21(24)15-20)32(3,29)30/h8-9,15-18H,4-7,10-14H2,1-3H3. The van der Waals surface area contributed by atoms with Gasteiger partial charge in [-0.25, -0.2) is 22.8 Å². The lowest BCUT2D eigenvalue weighted by Crippen LogP contribution is -2.50. The number of aromatic nitrogens is 2. The first-order valence-electron chi connectivity index (χ1n) is 11.2. The van der Waals surface area contributed by atoms with Crippen LogP contribution in [0.25, 0.3) is 0 Å². The van der Waals surface area contributed by atoms with E-state index >= 15 is 0 Å². The average molecular weight is 465 g/mol.